The van der Waals surface area contributed by atoms with E-state index >= 15 is 0 Å². The number of hydrogen-bond acceptors (Lipinski definition) is 6. The van der Waals surface area contributed by atoms with E-state index in [4.69, 9.17) is 11.5 Å². The van der Waals surface area contributed by atoms with E-state index in [0.29, 0.717) is 6.42 Å². The molecule has 39 heavy (non-hydrogen) atoms. The van der Waals surface area contributed by atoms with Gasteiger partial charge in [-0.2, -0.15) is 0 Å². The average molecular weight is 545 g/mol. The van der Waals surface area contributed by atoms with E-state index in [-0.39, 0.29) is 25.2 Å². The maximum Gasteiger partial charge on any atom is 0.326 e. The van der Waals surface area contributed by atoms with Crippen LogP contribution in [0.15, 0.2) is 30.5 Å². The third-order valence-corrected chi connectivity index (χ3v) is 6.83. The van der Waals surface area contributed by atoms with Gasteiger partial charge in [0.15, 0.2) is 0 Å². The van der Waals surface area contributed by atoms with Crippen LogP contribution in [0.3, 0.4) is 0 Å². The molecule has 5 unspecified atom stereocenters. The van der Waals surface area contributed by atoms with Crippen LogP contribution in [0.25, 0.3) is 10.9 Å². The van der Waals surface area contributed by atoms with Crippen molar-refractivity contribution in [2.45, 2.75) is 77.5 Å². The van der Waals surface area contributed by atoms with Crippen LogP contribution < -0.4 is 27.4 Å². The number of nitrogens with two attached hydrogens (primary N) is 2. The third-order valence-electron chi connectivity index (χ3n) is 6.83. The lowest BCUT2D eigenvalue weighted by atomic mass is 9.98. The summed E-state index contributed by atoms with van der Waals surface area (Å²) in [6, 6.07) is 2.99. The van der Waals surface area contributed by atoms with Gasteiger partial charge in [0.25, 0.3) is 0 Å². The van der Waals surface area contributed by atoms with Crippen molar-refractivity contribution in [1.29, 1.82) is 0 Å². The number of carbonyl (C=O) groups is 5. The van der Waals surface area contributed by atoms with E-state index in [1.165, 1.54) is 0 Å². The van der Waals surface area contributed by atoms with Crippen LogP contribution in [-0.2, 0) is 30.4 Å². The van der Waals surface area contributed by atoms with Crippen molar-refractivity contribution in [1.82, 2.24) is 20.9 Å². The Labute approximate surface area is 227 Å². The van der Waals surface area contributed by atoms with E-state index < -0.39 is 59.7 Å². The number of primary amides is 1. The summed E-state index contributed by atoms with van der Waals surface area (Å²) in [6.07, 6.45) is 2.09. The van der Waals surface area contributed by atoms with Crippen molar-refractivity contribution in [2.75, 3.05) is 0 Å². The molecule has 0 spiro atoms. The van der Waals surface area contributed by atoms with E-state index in [1.807, 2.05) is 31.2 Å². The van der Waals surface area contributed by atoms with Crippen LogP contribution in [0.1, 0.15) is 52.5 Å². The molecule has 214 valence electrons. The Morgan fingerprint density at radius 3 is 2.18 bits per heavy atom. The molecule has 1 aromatic heterocycles. The quantitative estimate of drug-likeness (QED) is 0.169. The fraction of sp³-hybridized carbons (Fsp3) is 0.519. The number of benzene rings is 1. The van der Waals surface area contributed by atoms with Crippen LogP contribution in [-0.4, -0.2) is 63.9 Å². The second kappa shape index (κ2) is 14.3. The molecule has 12 heteroatoms. The molecule has 0 bridgehead atoms. The fourth-order valence-corrected chi connectivity index (χ4v) is 4.11. The van der Waals surface area contributed by atoms with E-state index in [9.17, 15) is 29.1 Å². The molecule has 0 aliphatic rings. The molecule has 12 nitrogen and oxygen atoms in total. The number of carboxylic acids is 1. The van der Waals surface area contributed by atoms with Gasteiger partial charge in [0.2, 0.25) is 23.6 Å². The molecule has 5 atom stereocenters. The molecule has 0 saturated heterocycles. The number of hydrogen-bond donors (Lipinski definition) is 7. The number of aromatic nitrogens is 1. The summed E-state index contributed by atoms with van der Waals surface area (Å²) in [4.78, 5) is 65.5. The smallest absolute Gasteiger partial charge is 0.326 e. The Kier molecular flexibility index (Phi) is 11.5. The Balaban J connectivity index is 2.17. The summed E-state index contributed by atoms with van der Waals surface area (Å²) in [5, 5.41) is 18.3. The minimum absolute atomic E-state index is 0.0225. The first-order valence-electron chi connectivity index (χ1n) is 13.1. The number of nitrogens with one attached hydrogen (secondary N) is 4. The van der Waals surface area contributed by atoms with Crippen molar-refractivity contribution in [3.63, 3.8) is 0 Å². The monoisotopic (exact) mass is 544 g/mol. The molecule has 0 aliphatic heterocycles. The number of fused-ring (bicyclic) bond motifs is 1. The predicted molar refractivity (Wildman–Crippen MR) is 146 cm³/mol. The summed E-state index contributed by atoms with van der Waals surface area (Å²) in [5.74, 6) is -4.43. The highest BCUT2D eigenvalue weighted by molar-refractivity contribution is 5.94. The van der Waals surface area contributed by atoms with Gasteiger partial charge in [-0.3, -0.25) is 19.2 Å². The number of amides is 4. The zero-order valence-corrected chi connectivity index (χ0v) is 22.8. The largest absolute Gasteiger partial charge is 0.480 e. The fourth-order valence-electron chi connectivity index (χ4n) is 4.11. The highest BCUT2D eigenvalue weighted by Gasteiger charge is 2.32. The molecular weight excluding hydrogens is 504 g/mol. The summed E-state index contributed by atoms with van der Waals surface area (Å²) in [7, 11) is 0. The Bertz CT molecular complexity index is 1180. The van der Waals surface area contributed by atoms with Crippen molar-refractivity contribution in [3.05, 3.63) is 36.0 Å². The van der Waals surface area contributed by atoms with Gasteiger partial charge >= 0.3 is 5.97 Å². The second-order valence-electron chi connectivity index (χ2n) is 10.2. The molecule has 0 radical (unpaired) electrons. The minimum atomic E-state index is -1.26. The second-order valence-corrected chi connectivity index (χ2v) is 10.2. The van der Waals surface area contributed by atoms with Crippen molar-refractivity contribution in [2.24, 2.45) is 23.3 Å². The lowest BCUT2D eigenvalue weighted by Gasteiger charge is -2.27. The molecule has 1 heterocycles. The molecule has 9 N–H and O–H groups in total. The maximum atomic E-state index is 13.2. The SMILES string of the molecule is CCC(C)C(N)C(=O)NC(CCC(N)=O)C(=O)NC(C(=O)NC(Cc1c[nH]c2ccccc12)C(=O)O)C(C)C. The first-order chi connectivity index (χ1) is 18.3. The van der Waals surface area contributed by atoms with Gasteiger partial charge in [-0.15, -0.1) is 0 Å². The van der Waals surface area contributed by atoms with Gasteiger partial charge in [-0.25, -0.2) is 4.79 Å². The number of rotatable bonds is 15. The molecule has 0 fully saturated rings. The summed E-state index contributed by atoms with van der Waals surface area (Å²) >= 11 is 0. The number of para-hydroxylation sites is 1. The zero-order chi connectivity index (χ0) is 29.3. The van der Waals surface area contributed by atoms with Crippen molar-refractivity contribution >= 4 is 40.5 Å². The van der Waals surface area contributed by atoms with Gasteiger partial charge in [-0.1, -0.05) is 52.3 Å². The molecule has 2 rings (SSSR count). The van der Waals surface area contributed by atoms with E-state index in [1.54, 1.807) is 27.0 Å². The molecule has 4 amide bonds. The highest BCUT2D eigenvalue weighted by Crippen LogP contribution is 2.19. The summed E-state index contributed by atoms with van der Waals surface area (Å²) in [5.41, 5.74) is 12.8. The molecular formula is C27H40N6O6. The Morgan fingerprint density at radius 1 is 0.949 bits per heavy atom. The molecule has 1 aromatic carbocycles. The average Bonchev–Trinajstić information content (AvgIpc) is 3.30. The Morgan fingerprint density at radius 2 is 1.59 bits per heavy atom. The third kappa shape index (κ3) is 8.81. The normalized spacial score (nSPS) is 15.1. The molecule has 2 aromatic rings. The lowest BCUT2D eigenvalue weighted by Crippen LogP contribution is -2.59. The maximum absolute atomic E-state index is 13.2. The minimum Gasteiger partial charge on any atom is -0.480 e. The highest BCUT2D eigenvalue weighted by atomic mass is 16.4. The summed E-state index contributed by atoms with van der Waals surface area (Å²) < 4.78 is 0. The first kappa shape index (κ1) is 31.3. The van der Waals surface area contributed by atoms with Crippen LogP contribution in [0.2, 0.25) is 0 Å². The number of carboxylic acid groups (broad SMARTS) is 1. The van der Waals surface area contributed by atoms with Gasteiger partial charge in [0, 0.05) is 29.9 Å². The van der Waals surface area contributed by atoms with Gasteiger partial charge in [0.05, 0.1) is 6.04 Å². The van der Waals surface area contributed by atoms with Crippen molar-refractivity contribution < 1.29 is 29.1 Å². The zero-order valence-electron chi connectivity index (χ0n) is 22.8. The predicted octanol–water partition coefficient (Wildman–Crippen LogP) is 0.544. The number of aliphatic carboxylic acids is 1. The molecule has 0 aliphatic carbocycles. The number of carbonyl (C=O) groups excluding carboxylic acids is 4. The van der Waals surface area contributed by atoms with E-state index in [0.717, 1.165) is 16.5 Å². The van der Waals surface area contributed by atoms with Crippen LogP contribution >= 0.6 is 0 Å². The number of H-pyrrole nitrogens is 1. The standard InChI is InChI=1S/C27H40N6O6/c1-5-15(4)22(29)25(36)31-19(10-11-21(28)34)24(35)33-23(14(2)3)26(37)32-20(27(38)39)12-16-13-30-18-9-7-6-8-17(16)18/h6-9,13-15,19-20,22-23,30H,5,10-12,29H2,1-4H3,(H2,28,34)(H,31,36)(H,32,37)(H,33,35)(H,38,39). The van der Waals surface area contributed by atoms with Crippen molar-refractivity contribution in [3.8, 4) is 0 Å². The van der Waals surface area contributed by atoms with Gasteiger partial charge in [-0.05, 0) is 29.9 Å². The molecule has 0 saturated carbocycles. The Hall–Kier alpha value is -3.93. The van der Waals surface area contributed by atoms with Gasteiger partial charge in [0.1, 0.15) is 18.1 Å². The van der Waals surface area contributed by atoms with Gasteiger partial charge < -0.3 is 37.5 Å². The van der Waals surface area contributed by atoms with Crippen LogP contribution in [0, 0.1) is 11.8 Å². The first-order valence-corrected chi connectivity index (χ1v) is 13.1. The lowest BCUT2D eigenvalue weighted by molar-refractivity contribution is -0.142. The summed E-state index contributed by atoms with van der Waals surface area (Å²) in [6.45, 7) is 7.06. The topological polar surface area (TPSA) is 209 Å². The van der Waals surface area contributed by atoms with E-state index in [2.05, 4.69) is 20.9 Å². The number of aromatic amines is 1. The van der Waals surface area contributed by atoms with Crippen LogP contribution in [0.5, 0.6) is 0 Å². The van der Waals surface area contributed by atoms with Crippen LogP contribution in [0.4, 0.5) is 0 Å².